The molecule has 0 aliphatic heterocycles. The molecular formula is C14H15BrN2S. The highest BCUT2D eigenvalue weighted by Crippen LogP contribution is 2.26. The van der Waals surface area contributed by atoms with Crippen LogP contribution < -0.4 is 0 Å². The fourth-order valence-electron chi connectivity index (χ4n) is 1.85. The zero-order valence-electron chi connectivity index (χ0n) is 10.5. The molecule has 0 radical (unpaired) electrons. The molecule has 0 fully saturated rings. The monoisotopic (exact) mass is 322 g/mol. The van der Waals surface area contributed by atoms with E-state index in [0.717, 1.165) is 34.4 Å². The van der Waals surface area contributed by atoms with E-state index in [0.29, 0.717) is 4.64 Å². The van der Waals surface area contributed by atoms with Crippen molar-refractivity contribution in [1.29, 1.82) is 0 Å². The van der Waals surface area contributed by atoms with Gasteiger partial charge in [-0.05, 0) is 37.1 Å². The molecule has 94 valence electrons. The van der Waals surface area contributed by atoms with Gasteiger partial charge in [0.05, 0.1) is 0 Å². The first-order chi connectivity index (χ1) is 8.60. The van der Waals surface area contributed by atoms with Crippen molar-refractivity contribution in [2.24, 2.45) is 0 Å². The van der Waals surface area contributed by atoms with Gasteiger partial charge in [0.25, 0.3) is 0 Å². The number of aryl methyl sites for hydroxylation is 2. The average molecular weight is 323 g/mol. The Labute approximate surface area is 121 Å². The predicted octanol–water partition coefficient (Wildman–Crippen LogP) is 4.83. The summed E-state index contributed by atoms with van der Waals surface area (Å²) in [5.74, 6) is 0.831. The fourth-order valence-corrected chi connectivity index (χ4v) is 2.77. The highest BCUT2D eigenvalue weighted by Gasteiger charge is 2.06. The van der Waals surface area contributed by atoms with Crippen molar-refractivity contribution < 1.29 is 0 Å². The Morgan fingerprint density at radius 1 is 1.33 bits per heavy atom. The zero-order valence-corrected chi connectivity index (χ0v) is 12.9. The Morgan fingerprint density at radius 2 is 2.11 bits per heavy atom. The molecule has 0 spiro atoms. The van der Waals surface area contributed by atoms with Gasteiger partial charge in [-0.2, -0.15) is 0 Å². The van der Waals surface area contributed by atoms with E-state index >= 15 is 0 Å². The lowest BCUT2D eigenvalue weighted by Gasteiger charge is -2.07. The summed E-state index contributed by atoms with van der Waals surface area (Å²) in [4.78, 5) is 7.76. The van der Waals surface area contributed by atoms with Crippen LogP contribution >= 0.6 is 28.1 Å². The third-order valence-electron chi connectivity index (χ3n) is 2.70. The summed E-state index contributed by atoms with van der Waals surface area (Å²) in [5.41, 5.74) is 3.40. The van der Waals surface area contributed by atoms with Gasteiger partial charge >= 0.3 is 0 Å². The van der Waals surface area contributed by atoms with Crippen LogP contribution in [-0.2, 0) is 6.42 Å². The molecule has 1 aromatic carbocycles. The standard InChI is InChI=1S/C14H15BrN2S/c1-3-4-10-8-13(18)17-14(16-10)11-6-5-9(2)7-12(11)15/h5-8H,3-4H2,1-2H3,(H,16,17,18). The van der Waals surface area contributed by atoms with Gasteiger partial charge in [-0.1, -0.05) is 47.6 Å². The summed E-state index contributed by atoms with van der Waals surface area (Å²) in [6, 6.07) is 8.15. The molecule has 0 aliphatic carbocycles. The number of halogens is 1. The molecule has 0 saturated carbocycles. The molecule has 0 bridgehead atoms. The van der Waals surface area contributed by atoms with E-state index in [1.165, 1.54) is 5.56 Å². The Bertz CT molecular complexity index is 619. The minimum Gasteiger partial charge on any atom is -0.343 e. The van der Waals surface area contributed by atoms with Crippen molar-refractivity contribution in [3.8, 4) is 11.4 Å². The van der Waals surface area contributed by atoms with Gasteiger partial charge in [-0.15, -0.1) is 0 Å². The normalized spacial score (nSPS) is 10.6. The Hall–Kier alpha value is -1.000. The second kappa shape index (κ2) is 5.76. The number of aromatic nitrogens is 2. The van der Waals surface area contributed by atoms with Crippen LogP contribution in [0.25, 0.3) is 11.4 Å². The van der Waals surface area contributed by atoms with Gasteiger partial charge in [0.2, 0.25) is 0 Å². The van der Waals surface area contributed by atoms with Gasteiger partial charge in [0.1, 0.15) is 10.5 Å². The van der Waals surface area contributed by atoms with Gasteiger partial charge < -0.3 is 4.98 Å². The van der Waals surface area contributed by atoms with Crippen LogP contribution in [0.15, 0.2) is 28.7 Å². The summed E-state index contributed by atoms with van der Waals surface area (Å²) in [5, 5.41) is 0. The number of benzene rings is 1. The van der Waals surface area contributed by atoms with Crippen LogP contribution in [0.2, 0.25) is 0 Å². The average Bonchev–Trinajstić information content (AvgIpc) is 2.28. The molecule has 0 saturated heterocycles. The molecule has 18 heavy (non-hydrogen) atoms. The molecule has 1 heterocycles. The van der Waals surface area contributed by atoms with Gasteiger partial charge in [0.15, 0.2) is 0 Å². The van der Waals surface area contributed by atoms with Crippen LogP contribution in [0.1, 0.15) is 24.6 Å². The number of aromatic amines is 1. The van der Waals surface area contributed by atoms with Crippen molar-refractivity contribution in [2.75, 3.05) is 0 Å². The number of rotatable bonds is 3. The second-order valence-corrected chi connectivity index (χ2v) is 5.60. The molecule has 2 nitrogen and oxygen atoms in total. The van der Waals surface area contributed by atoms with Crippen molar-refractivity contribution in [3.05, 3.63) is 44.6 Å². The summed E-state index contributed by atoms with van der Waals surface area (Å²) in [6.45, 7) is 4.22. The molecule has 1 aromatic heterocycles. The minimum absolute atomic E-state index is 0.639. The van der Waals surface area contributed by atoms with Crippen LogP contribution in [-0.4, -0.2) is 9.97 Å². The maximum absolute atomic E-state index is 5.22. The van der Waals surface area contributed by atoms with Crippen LogP contribution in [0, 0.1) is 11.6 Å². The molecule has 2 aromatic rings. The van der Waals surface area contributed by atoms with E-state index in [1.54, 1.807) is 0 Å². The van der Waals surface area contributed by atoms with Crippen molar-refractivity contribution in [2.45, 2.75) is 26.7 Å². The zero-order chi connectivity index (χ0) is 13.1. The van der Waals surface area contributed by atoms with E-state index < -0.39 is 0 Å². The van der Waals surface area contributed by atoms with Gasteiger partial charge in [0, 0.05) is 15.7 Å². The van der Waals surface area contributed by atoms with Crippen molar-refractivity contribution in [3.63, 3.8) is 0 Å². The first-order valence-electron chi connectivity index (χ1n) is 5.97. The Morgan fingerprint density at radius 3 is 2.78 bits per heavy atom. The maximum atomic E-state index is 5.22. The summed E-state index contributed by atoms with van der Waals surface area (Å²) in [7, 11) is 0. The van der Waals surface area contributed by atoms with Gasteiger partial charge in [-0.25, -0.2) is 4.98 Å². The number of hydrogen-bond acceptors (Lipinski definition) is 2. The first-order valence-corrected chi connectivity index (χ1v) is 7.17. The third-order valence-corrected chi connectivity index (χ3v) is 3.56. The second-order valence-electron chi connectivity index (χ2n) is 4.33. The van der Waals surface area contributed by atoms with E-state index in [9.17, 15) is 0 Å². The van der Waals surface area contributed by atoms with Gasteiger partial charge in [-0.3, -0.25) is 0 Å². The molecule has 4 heteroatoms. The van der Waals surface area contributed by atoms with Crippen LogP contribution in [0.5, 0.6) is 0 Å². The molecular weight excluding hydrogens is 308 g/mol. The largest absolute Gasteiger partial charge is 0.343 e. The molecule has 0 amide bonds. The van der Waals surface area contributed by atoms with Crippen LogP contribution in [0.3, 0.4) is 0 Å². The third kappa shape index (κ3) is 3.06. The summed E-state index contributed by atoms with van der Waals surface area (Å²) in [6.07, 6.45) is 2.08. The summed E-state index contributed by atoms with van der Waals surface area (Å²) < 4.78 is 1.67. The molecule has 2 rings (SSSR count). The highest BCUT2D eigenvalue weighted by atomic mass is 79.9. The summed E-state index contributed by atoms with van der Waals surface area (Å²) >= 11 is 8.80. The topological polar surface area (TPSA) is 28.7 Å². The molecule has 0 aliphatic rings. The van der Waals surface area contributed by atoms with E-state index in [4.69, 9.17) is 12.2 Å². The van der Waals surface area contributed by atoms with E-state index in [2.05, 4.69) is 57.9 Å². The highest BCUT2D eigenvalue weighted by molar-refractivity contribution is 9.10. The molecule has 0 unspecified atom stereocenters. The smallest absolute Gasteiger partial charge is 0.140 e. The number of nitrogens with zero attached hydrogens (tertiary/aromatic N) is 1. The lowest BCUT2D eigenvalue weighted by molar-refractivity contribution is 0.873. The van der Waals surface area contributed by atoms with Crippen LogP contribution in [0.4, 0.5) is 0 Å². The Kier molecular flexibility index (Phi) is 4.30. The molecule has 0 atom stereocenters. The SMILES string of the molecule is CCCc1cc(=S)nc(-c2ccc(C)cc2Br)[nH]1. The number of hydrogen-bond donors (Lipinski definition) is 1. The number of nitrogens with one attached hydrogen (secondary N) is 1. The maximum Gasteiger partial charge on any atom is 0.140 e. The minimum atomic E-state index is 0.639. The van der Waals surface area contributed by atoms with E-state index in [-0.39, 0.29) is 0 Å². The lowest BCUT2D eigenvalue weighted by atomic mass is 10.1. The fraction of sp³-hybridized carbons (Fsp3) is 0.286. The first kappa shape index (κ1) is 13.4. The lowest BCUT2D eigenvalue weighted by Crippen LogP contribution is -1.96. The predicted molar refractivity (Wildman–Crippen MR) is 81.3 cm³/mol. The molecule has 1 N–H and O–H groups in total. The van der Waals surface area contributed by atoms with Crippen molar-refractivity contribution in [1.82, 2.24) is 9.97 Å². The Balaban J connectivity index is 2.53. The number of H-pyrrole nitrogens is 1. The quantitative estimate of drug-likeness (QED) is 0.820. The van der Waals surface area contributed by atoms with Crippen molar-refractivity contribution >= 4 is 28.1 Å². The van der Waals surface area contributed by atoms with E-state index in [1.807, 2.05) is 6.07 Å².